The number of rotatable bonds is 9. The Labute approximate surface area is 265 Å². The maximum absolute atomic E-state index is 13.7. The molecule has 0 unspecified atom stereocenters. The molecule has 0 bridgehead atoms. The highest BCUT2D eigenvalue weighted by Crippen LogP contribution is 2.27. The molecule has 0 aliphatic carbocycles. The topological polar surface area (TPSA) is 68.4 Å². The summed E-state index contributed by atoms with van der Waals surface area (Å²) in [6, 6.07) is 28.4. The van der Waals surface area contributed by atoms with Gasteiger partial charge in [-0.25, -0.2) is 9.37 Å². The SMILES string of the molecule is N#Cc1ccc(Cn2cncc2CN(Cc2ccc(F)cc2)c2ccc(N3CCN(C(=O)c4ccc(Cl)s4)CC3)cc2)cc1. The van der Waals surface area contributed by atoms with E-state index in [1.807, 2.05) is 53.8 Å². The van der Waals surface area contributed by atoms with E-state index in [1.54, 1.807) is 12.1 Å². The average molecular weight is 625 g/mol. The van der Waals surface area contributed by atoms with E-state index in [-0.39, 0.29) is 11.7 Å². The molecule has 3 aromatic carbocycles. The zero-order valence-corrected chi connectivity index (χ0v) is 25.5. The molecule has 1 amide bonds. The Morgan fingerprint density at radius 3 is 2.27 bits per heavy atom. The Morgan fingerprint density at radius 1 is 0.909 bits per heavy atom. The van der Waals surface area contributed by atoms with Crippen molar-refractivity contribution >= 4 is 40.2 Å². The van der Waals surface area contributed by atoms with Gasteiger partial charge in [0, 0.05) is 56.8 Å². The molecule has 1 aliphatic rings. The van der Waals surface area contributed by atoms with Crippen molar-refractivity contribution in [1.29, 1.82) is 5.26 Å². The molecule has 1 fully saturated rings. The lowest BCUT2D eigenvalue weighted by Gasteiger charge is -2.36. The zero-order valence-electron chi connectivity index (χ0n) is 23.9. The van der Waals surface area contributed by atoms with Crippen LogP contribution in [0.15, 0.2) is 97.5 Å². The van der Waals surface area contributed by atoms with E-state index in [4.69, 9.17) is 16.9 Å². The number of piperazine rings is 1. The maximum Gasteiger partial charge on any atom is 0.264 e. The molecule has 222 valence electrons. The van der Waals surface area contributed by atoms with Crippen LogP contribution < -0.4 is 9.80 Å². The van der Waals surface area contributed by atoms with Crippen molar-refractivity contribution in [2.45, 2.75) is 19.6 Å². The first-order valence-corrected chi connectivity index (χ1v) is 15.5. The number of amides is 1. The van der Waals surface area contributed by atoms with E-state index >= 15 is 0 Å². The molecular formula is C34H30ClFN6OS. The minimum Gasteiger partial charge on any atom is -0.368 e. The molecule has 3 heterocycles. The van der Waals surface area contributed by atoms with Crippen molar-refractivity contribution < 1.29 is 9.18 Å². The van der Waals surface area contributed by atoms with Gasteiger partial charge in [0.25, 0.3) is 5.91 Å². The summed E-state index contributed by atoms with van der Waals surface area (Å²) in [5.41, 5.74) is 5.89. The summed E-state index contributed by atoms with van der Waals surface area (Å²) in [4.78, 5) is 24.4. The molecule has 0 atom stereocenters. The lowest BCUT2D eigenvalue weighted by Crippen LogP contribution is -2.48. The number of hydrogen-bond donors (Lipinski definition) is 0. The molecule has 1 saturated heterocycles. The summed E-state index contributed by atoms with van der Waals surface area (Å²) in [7, 11) is 0. The van der Waals surface area contributed by atoms with Crippen molar-refractivity contribution in [2.24, 2.45) is 0 Å². The Bertz CT molecular complexity index is 1750. The normalized spacial score (nSPS) is 13.1. The molecule has 0 saturated carbocycles. The number of hydrogen-bond acceptors (Lipinski definition) is 6. The maximum atomic E-state index is 13.7. The van der Waals surface area contributed by atoms with Crippen molar-refractivity contribution in [3.63, 3.8) is 0 Å². The van der Waals surface area contributed by atoms with Gasteiger partial charge < -0.3 is 19.3 Å². The smallest absolute Gasteiger partial charge is 0.264 e. The van der Waals surface area contributed by atoms with Gasteiger partial charge in [-0.1, -0.05) is 35.9 Å². The van der Waals surface area contributed by atoms with Gasteiger partial charge in [-0.15, -0.1) is 11.3 Å². The Morgan fingerprint density at radius 2 is 1.61 bits per heavy atom. The van der Waals surface area contributed by atoms with Crippen LogP contribution >= 0.6 is 22.9 Å². The van der Waals surface area contributed by atoms with Crippen LogP contribution in [0.25, 0.3) is 0 Å². The number of nitriles is 1. The predicted molar refractivity (Wildman–Crippen MR) is 173 cm³/mol. The largest absolute Gasteiger partial charge is 0.368 e. The summed E-state index contributed by atoms with van der Waals surface area (Å²) in [5.74, 6) is -0.224. The van der Waals surface area contributed by atoms with E-state index in [0.717, 1.165) is 41.3 Å². The van der Waals surface area contributed by atoms with Gasteiger partial charge in [-0.2, -0.15) is 5.26 Å². The minimum absolute atomic E-state index is 0.0340. The molecular weight excluding hydrogens is 595 g/mol. The second-order valence-corrected chi connectivity index (χ2v) is 12.4. The summed E-state index contributed by atoms with van der Waals surface area (Å²) in [5, 5.41) is 9.12. The predicted octanol–water partition coefficient (Wildman–Crippen LogP) is 6.83. The van der Waals surface area contributed by atoms with Crippen LogP contribution in [-0.4, -0.2) is 46.5 Å². The highest BCUT2D eigenvalue weighted by atomic mass is 35.5. The number of thiophene rings is 1. The fourth-order valence-corrected chi connectivity index (χ4v) is 6.39. The van der Waals surface area contributed by atoms with Crippen molar-refractivity contribution in [2.75, 3.05) is 36.0 Å². The second kappa shape index (κ2) is 13.3. The van der Waals surface area contributed by atoms with Gasteiger partial charge in [0.2, 0.25) is 0 Å². The standard InChI is InChI=1S/C34H30ClFN6OS/c35-33-14-13-32(44-33)34(43)40-17-15-39(16-18-40)29-9-11-30(12-10-29)41(21-27-5-7-28(36)8-6-27)23-31-20-38-24-42(31)22-26-3-1-25(19-37)2-4-26/h1-14,20,24H,15-18,21-23H2. The Hall–Kier alpha value is -4.65. The highest BCUT2D eigenvalue weighted by Gasteiger charge is 2.23. The molecule has 5 aromatic rings. The van der Waals surface area contributed by atoms with E-state index in [2.05, 4.69) is 49.7 Å². The first kappa shape index (κ1) is 29.4. The van der Waals surface area contributed by atoms with Crippen LogP contribution in [0, 0.1) is 17.1 Å². The Kier molecular flexibility index (Phi) is 8.91. The van der Waals surface area contributed by atoms with Gasteiger partial charge in [-0.3, -0.25) is 4.79 Å². The van der Waals surface area contributed by atoms with Crippen LogP contribution in [0.4, 0.5) is 15.8 Å². The number of imidazole rings is 1. The minimum atomic E-state index is -0.258. The fourth-order valence-electron chi connectivity index (χ4n) is 5.37. The van der Waals surface area contributed by atoms with Gasteiger partial charge in [0.1, 0.15) is 5.82 Å². The van der Waals surface area contributed by atoms with Gasteiger partial charge in [-0.05, 0) is 71.8 Å². The summed E-state index contributed by atoms with van der Waals surface area (Å²) < 4.78 is 16.4. The number of nitrogens with zero attached hydrogens (tertiary/aromatic N) is 6. The van der Waals surface area contributed by atoms with Gasteiger partial charge in [0.15, 0.2) is 0 Å². The van der Waals surface area contributed by atoms with E-state index in [9.17, 15) is 9.18 Å². The van der Waals surface area contributed by atoms with Crippen LogP contribution in [0.5, 0.6) is 0 Å². The summed E-state index contributed by atoms with van der Waals surface area (Å²) in [6.45, 7) is 4.62. The van der Waals surface area contributed by atoms with Gasteiger partial charge >= 0.3 is 0 Å². The van der Waals surface area contributed by atoms with Crippen molar-refractivity contribution in [3.05, 3.63) is 135 Å². The summed E-state index contributed by atoms with van der Waals surface area (Å²) >= 11 is 7.35. The molecule has 2 aromatic heterocycles. The third-order valence-corrected chi connectivity index (χ3v) is 9.02. The number of carbonyl (C=O) groups excluding carboxylic acids is 1. The summed E-state index contributed by atoms with van der Waals surface area (Å²) in [6.07, 6.45) is 3.70. The number of benzene rings is 3. The molecule has 6 rings (SSSR count). The first-order valence-electron chi connectivity index (χ1n) is 14.3. The molecule has 44 heavy (non-hydrogen) atoms. The van der Waals surface area contributed by atoms with Gasteiger partial charge in [0.05, 0.1) is 39.4 Å². The average Bonchev–Trinajstić information content (AvgIpc) is 3.70. The van der Waals surface area contributed by atoms with Crippen LogP contribution in [0.1, 0.15) is 32.1 Å². The number of carbonyl (C=O) groups is 1. The van der Waals surface area contributed by atoms with Crippen LogP contribution in [0.3, 0.4) is 0 Å². The molecule has 0 radical (unpaired) electrons. The zero-order chi connectivity index (χ0) is 30.5. The van der Waals surface area contributed by atoms with E-state index < -0.39 is 0 Å². The molecule has 1 aliphatic heterocycles. The number of anilines is 2. The number of halogens is 2. The van der Waals surface area contributed by atoms with E-state index in [0.29, 0.717) is 47.5 Å². The molecule has 0 N–H and O–H groups in total. The fraction of sp³-hybridized carbons (Fsp3) is 0.206. The highest BCUT2D eigenvalue weighted by molar-refractivity contribution is 7.17. The van der Waals surface area contributed by atoms with E-state index in [1.165, 1.54) is 23.5 Å². The first-order chi connectivity index (χ1) is 21.4. The quantitative estimate of drug-likeness (QED) is 0.180. The monoisotopic (exact) mass is 624 g/mol. The van der Waals surface area contributed by atoms with Crippen molar-refractivity contribution in [1.82, 2.24) is 14.5 Å². The third-order valence-electron chi connectivity index (χ3n) is 7.80. The number of aromatic nitrogens is 2. The Balaban J connectivity index is 1.16. The third kappa shape index (κ3) is 6.94. The molecule has 7 nitrogen and oxygen atoms in total. The lowest BCUT2D eigenvalue weighted by molar-refractivity contribution is 0.0751. The molecule has 0 spiro atoms. The lowest BCUT2D eigenvalue weighted by atomic mass is 10.1. The van der Waals surface area contributed by atoms with Crippen molar-refractivity contribution in [3.8, 4) is 6.07 Å². The van der Waals surface area contributed by atoms with Crippen LogP contribution in [-0.2, 0) is 19.6 Å². The molecule has 10 heteroatoms. The second-order valence-electron chi connectivity index (χ2n) is 10.7. The van der Waals surface area contributed by atoms with Crippen LogP contribution in [0.2, 0.25) is 4.34 Å².